The lowest BCUT2D eigenvalue weighted by molar-refractivity contribution is -0.140. The van der Waals surface area contributed by atoms with Gasteiger partial charge in [0.2, 0.25) is 0 Å². The second-order valence-electron chi connectivity index (χ2n) is 4.59. The van der Waals surface area contributed by atoms with Crippen LogP contribution < -0.4 is 4.72 Å². The Morgan fingerprint density at radius 3 is 2.45 bits per heavy atom. The first kappa shape index (κ1) is 17.5. The van der Waals surface area contributed by atoms with Gasteiger partial charge in [0, 0.05) is 5.75 Å². The zero-order valence-corrected chi connectivity index (χ0v) is 12.3. The molecule has 1 heterocycles. The highest BCUT2D eigenvalue weighted by Gasteiger charge is 2.47. The van der Waals surface area contributed by atoms with Crippen LogP contribution in [0.5, 0.6) is 0 Å². The number of rotatable bonds is 5. The first-order chi connectivity index (χ1) is 8.96. The van der Waals surface area contributed by atoms with E-state index in [9.17, 15) is 26.4 Å². The van der Waals surface area contributed by atoms with Crippen molar-refractivity contribution in [2.75, 3.05) is 12.3 Å². The smallest absolute Gasteiger partial charge is 0.402 e. The summed E-state index contributed by atoms with van der Waals surface area (Å²) in [5, 5.41) is 8.30. The number of hydrogen-bond acceptors (Lipinski definition) is 4. The lowest BCUT2D eigenvalue weighted by Gasteiger charge is -2.28. The summed E-state index contributed by atoms with van der Waals surface area (Å²) < 4.78 is 62.3. The molecule has 1 aliphatic rings. The van der Waals surface area contributed by atoms with Crippen molar-refractivity contribution in [1.29, 1.82) is 0 Å². The Morgan fingerprint density at radius 2 is 2.05 bits per heavy atom. The number of thioether (sulfide) groups is 1. The van der Waals surface area contributed by atoms with Gasteiger partial charge in [0.1, 0.15) is 12.6 Å². The Morgan fingerprint density at radius 1 is 1.50 bits per heavy atom. The number of carbonyl (C=O) groups is 1. The van der Waals surface area contributed by atoms with Gasteiger partial charge in [-0.2, -0.15) is 30.6 Å². The Kier molecular flexibility index (Phi) is 5.33. The average molecular weight is 336 g/mol. The molecule has 0 radical (unpaired) electrons. The van der Waals surface area contributed by atoms with Crippen molar-refractivity contribution in [2.24, 2.45) is 5.92 Å². The van der Waals surface area contributed by atoms with Gasteiger partial charge < -0.3 is 5.11 Å². The molecule has 0 aromatic heterocycles. The largest absolute Gasteiger partial charge is 0.480 e. The molecule has 11 heteroatoms. The van der Waals surface area contributed by atoms with Crippen LogP contribution in [0.4, 0.5) is 13.2 Å². The first-order valence-corrected chi connectivity index (χ1v) is 8.14. The third-order valence-electron chi connectivity index (χ3n) is 2.57. The van der Waals surface area contributed by atoms with Crippen LogP contribution >= 0.6 is 11.8 Å². The Bertz CT molecular complexity index is 466. The summed E-state index contributed by atoms with van der Waals surface area (Å²) >= 11 is 1.10. The maximum absolute atomic E-state index is 12.1. The number of carboxylic acid groups (broad SMARTS) is 1. The Hall–Kier alpha value is -0.520. The van der Waals surface area contributed by atoms with Crippen molar-refractivity contribution in [3.8, 4) is 0 Å². The van der Waals surface area contributed by atoms with E-state index in [-0.39, 0.29) is 11.7 Å². The van der Waals surface area contributed by atoms with Crippen molar-refractivity contribution in [3.05, 3.63) is 0 Å². The van der Waals surface area contributed by atoms with E-state index >= 15 is 0 Å². The highest BCUT2D eigenvalue weighted by molar-refractivity contribution is 8.01. The zero-order chi connectivity index (χ0) is 15.7. The maximum atomic E-state index is 12.1. The van der Waals surface area contributed by atoms with Crippen LogP contribution in [0.3, 0.4) is 0 Å². The predicted molar refractivity (Wildman–Crippen MR) is 67.3 cm³/mol. The van der Waals surface area contributed by atoms with E-state index in [0.29, 0.717) is 4.31 Å². The van der Waals surface area contributed by atoms with Crippen LogP contribution in [0.15, 0.2) is 0 Å². The molecule has 2 atom stereocenters. The molecule has 0 aromatic carbocycles. The van der Waals surface area contributed by atoms with Gasteiger partial charge in [0.25, 0.3) is 10.2 Å². The molecule has 0 aliphatic carbocycles. The van der Waals surface area contributed by atoms with Crippen LogP contribution in [0.1, 0.15) is 13.8 Å². The molecular formula is C9H15F3N2O4S2. The maximum Gasteiger partial charge on any atom is 0.402 e. The minimum absolute atomic E-state index is 0.00507. The summed E-state index contributed by atoms with van der Waals surface area (Å²) in [4.78, 5) is 11.1. The van der Waals surface area contributed by atoms with Crippen LogP contribution in [0, 0.1) is 5.92 Å². The molecule has 0 spiro atoms. The van der Waals surface area contributed by atoms with Crippen LogP contribution in [-0.2, 0) is 15.0 Å². The van der Waals surface area contributed by atoms with Crippen molar-refractivity contribution in [1.82, 2.24) is 9.03 Å². The molecule has 20 heavy (non-hydrogen) atoms. The summed E-state index contributed by atoms with van der Waals surface area (Å²) in [5.74, 6) is -1.60. The normalized spacial score (nSPS) is 25.3. The first-order valence-electron chi connectivity index (χ1n) is 5.65. The number of carboxylic acids is 1. The molecule has 1 fully saturated rings. The van der Waals surface area contributed by atoms with E-state index < -0.39 is 40.3 Å². The molecule has 6 nitrogen and oxygen atoms in total. The topological polar surface area (TPSA) is 86.7 Å². The van der Waals surface area contributed by atoms with Gasteiger partial charge in [0.05, 0.1) is 5.37 Å². The van der Waals surface area contributed by atoms with Gasteiger partial charge in [0.15, 0.2) is 0 Å². The van der Waals surface area contributed by atoms with Crippen LogP contribution in [0.2, 0.25) is 0 Å². The monoisotopic (exact) mass is 336 g/mol. The van der Waals surface area contributed by atoms with Crippen molar-refractivity contribution in [3.63, 3.8) is 0 Å². The quantitative estimate of drug-likeness (QED) is 0.778. The van der Waals surface area contributed by atoms with Crippen molar-refractivity contribution in [2.45, 2.75) is 31.4 Å². The molecule has 1 saturated heterocycles. The van der Waals surface area contributed by atoms with Crippen molar-refractivity contribution >= 4 is 27.9 Å². The summed E-state index contributed by atoms with van der Waals surface area (Å²) in [6, 6.07) is -1.36. The summed E-state index contributed by atoms with van der Waals surface area (Å²) in [7, 11) is -4.52. The third kappa shape index (κ3) is 4.24. The third-order valence-corrected chi connectivity index (χ3v) is 5.87. The summed E-state index contributed by atoms with van der Waals surface area (Å²) in [6.45, 7) is 1.62. The Labute approximate surface area is 118 Å². The van der Waals surface area contributed by atoms with Crippen molar-refractivity contribution < 1.29 is 31.5 Å². The molecule has 1 aliphatic heterocycles. The van der Waals surface area contributed by atoms with Crippen LogP contribution in [-0.4, -0.2) is 53.7 Å². The number of nitrogens with zero attached hydrogens (tertiary/aromatic N) is 1. The second kappa shape index (κ2) is 6.08. The van der Waals surface area contributed by atoms with Gasteiger partial charge in [-0.05, 0) is 5.92 Å². The number of aliphatic carboxylic acids is 1. The van der Waals surface area contributed by atoms with Gasteiger partial charge in [-0.1, -0.05) is 13.8 Å². The van der Waals surface area contributed by atoms with E-state index in [1.165, 1.54) is 4.72 Å². The van der Waals surface area contributed by atoms with Gasteiger partial charge in [-0.25, -0.2) is 0 Å². The molecule has 0 bridgehead atoms. The second-order valence-corrected chi connectivity index (χ2v) is 7.40. The molecule has 0 saturated carbocycles. The van der Waals surface area contributed by atoms with E-state index in [0.717, 1.165) is 11.8 Å². The van der Waals surface area contributed by atoms with E-state index in [2.05, 4.69) is 0 Å². The summed E-state index contributed by atoms with van der Waals surface area (Å²) in [6.07, 6.45) is -4.70. The minimum Gasteiger partial charge on any atom is -0.480 e. The fourth-order valence-electron chi connectivity index (χ4n) is 1.73. The van der Waals surface area contributed by atoms with E-state index in [1.54, 1.807) is 13.8 Å². The molecule has 118 valence electrons. The number of alkyl halides is 3. The number of hydrogen-bond donors (Lipinski definition) is 2. The minimum atomic E-state index is -4.70. The molecule has 0 amide bonds. The fraction of sp³-hybridized carbons (Fsp3) is 0.889. The van der Waals surface area contributed by atoms with Crippen LogP contribution in [0.25, 0.3) is 0 Å². The lowest BCUT2D eigenvalue weighted by atomic mass is 10.2. The standard InChI is InChI=1S/C9H15F3N2O4S2/c1-5(2)7-14(6(3-19-7)8(15)16)20(17,18)13-4-9(10,11)12/h5-7,13H,3-4H2,1-2H3,(H,15,16). The van der Waals surface area contributed by atoms with E-state index in [4.69, 9.17) is 5.11 Å². The van der Waals surface area contributed by atoms with E-state index in [1.807, 2.05) is 0 Å². The van der Waals surface area contributed by atoms with Gasteiger partial charge in [-0.3, -0.25) is 4.79 Å². The highest BCUT2D eigenvalue weighted by atomic mass is 32.2. The lowest BCUT2D eigenvalue weighted by Crippen LogP contribution is -2.53. The molecule has 2 unspecified atom stereocenters. The molecular weight excluding hydrogens is 321 g/mol. The number of halogens is 3. The predicted octanol–water partition coefficient (Wildman–Crippen LogP) is 0.867. The Balaban J connectivity index is 2.99. The fourth-order valence-corrected chi connectivity index (χ4v) is 5.22. The molecule has 1 rings (SSSR count). The molecule has 2 N–H and O–H groups in total. The average Bonchev–Trinajstić information content (AvgIpc) is 2.70. The number of nitrogens with one attached hydrogen (secondary N) is 1. The highest BCUT2D eigenvalue weighted by Crippen LogP contribution is 2.36. The zero-order valence-electron chi connectivity index (χ0n) is 10.7. The van der Waals surface area contributed by atoms with Gasteiger partial charge in [-0.15, -0.1) is 11.8 Å². The molecule has 0 aromatic rings. The van der Waals surface area contributed by atoms with Gasteiger partial charge >= 0.3 is 12.1 Å². The summed E-state index contributed by atoms with van der Waals surface area (Å²) in [5.41, 5.74) is 0. The SMILES string of the molecule is CC(C)C1SCC(C(=O)O)N1S(=O)(=O)NCC(F)(F)F.